The smallest absolute Gasteiger partial charge is 0.273 e. The number of benzene rings is 1. The first kappa shape index (κ1) is 14.2. The van der Waals surface area contributed by atoms with Crippen LogP contribution in [-0.4, -0.2) is 43.5 Å². The van der Waals surface area contributed by atoms with E-state index in [1.165, 1.54) is 12.1 Å². The first-order chi connectivity index (χ1) is 8.69. The fourth-order valence-corrected chi connectivity index (χ4v) is 1.33. The van der Waals surface area contributed by atoms with Gasteiger partial charge in [0.2, 0.25) is 0 Å². The number of non-ortho nitro benzene ring substituents is 1. The number of nitro groups is 1. The van der Waals surface area contributed by atoms with E-state index in [1.54, 1.807) is 13.1 Å². The predicted octanol–water partition coefficient (Wildman–Crippen LogP) is 1.02. The zero-order valence-corrected chi connectivity index (χ0v) is 10.1. The van der Waals surface area contributed by atoms with Crippen LogP contribution < -0.4 is 10.1 Å². The maximum absolute atomic E-state index is 10.6. The van der Waals surface area contributed by atoms with Crippen LogP contribution in [0.25, 0.3) is 0 Å². The Morgan fingerprint density at radius 2 is 2.17 bits per heavy atom. The van der Waals surface area contributed by atoms with E-state index in [2.05, 4.69) is 5.32 Å². The zero-order valence-electron chi connectivity index (χ0n) is 10.1. The third-order valence-corrected chi connectivity index (χ3v) is 2.17. The number of hydrogen-bond acceptors (Lipinski definition) is 6. The number of hydrogen-bond donors (Lipinski definition) is 2. The Bertz CT molecular complexity index is 397. The lowest BCUT2D eigenvalue weighted by molar-refractivity contribution is -0.384. The molecular formula is C11H16N2O5. The molecule has 0 aromatic heterocycles. The Balaban J connectivity index is 2.61. The van der Waals surface area contributed by atoms with Crippen LogP contribution in [0.4, 0.5) is 11.4 Å². The molecule has 100 valence electrons. The van der Waals surface area contributed by atoms with E-state index in [0.29, 0.717) is 18.0 Å². The van der Waals surface area contributed by atoms with Crippen molar-refractivity contribution in [2.75, 3.05) is 38.8 Å². The molecule has 0 aliphatic carbocycles. The number of nitro benzene ring substituents is 1. The standard InChI is InChI=1S/C11H16N2O5/c1-12-10-3-2-9(13(15)16)8-11(10)18-7-6-17-5-4-14/h2-3,8,12,14H,4-7H2,1H3. The average Bonchev–Trinajstić information content (AvgIpc) is 2.38. The van der Waals surface area contributed by atoms with Crippen molar-refractivity contribution in [1.29, 1.82) is 0 Å². The fourth-order valence-electron chi connectivity index (χ4n) is 1.33. The number of anilines is 1. The molecule has 1 aromatic carbocycles. The van der Waals surface area contributed by atoms with Gasteiger partial charge in [0.25, 0.3) is 5.69 Å². The Kier molecular flexibility index (Phi) is 5.89. The lowest BCUT2D eigenvalue weighted by Gasteiger charge is -2.11. The fraction of sp³-hybridized carbons (Fsp3) is 0.455. The van der Waals surface area contributed by atoms with Crippen molar-refractivity contribution in [2.45, 2.75) is 0 Å². The molecule has 0 saturated heterocycles. The minimum Gasteiger partial charge on any atom is -0.489 e. The summed E-state index contributed by atoms with van der Waals surface area (Å²) in [6, 6.07) is 4.35. The molecule has 0 atom stereocenters. The highest BCUT2D eigenvalue weighted by atomic mass is 16.6. The second-order valence-electron chi connectivity index (χ2n) is 3.37. The van der Waals surface area contributed by atoms with Crippen molar-refractivity contribution in [1.82, 2.24) is 0 Å². The van der Waals surface area contributed by atoms with Gasteiger partial charge in [0.1, 0.15) is 12.4 Å². The minimum absolute atomic E-state index is 0.0275. The molecule has 0 aliphatic rings. The van der Waals surface area contributed by atoms with E-state index >= 15 is 0 Å². The van der Waals surface area contributed by atoms with Crippen molar-refractivity contribution in [3.05, 3.63) is 28.3 Å². The number of nitrogens with one attached hydrogen (secondary N) is 1. The van der Waals surface area contributed by atoms with Crippen LogP contribution in [0, 0.1) is 10.1 Å². The molecule has 0 saturated carbocycles. The van der Waals surface area contributed by atoms with Gasteiger partial charge in [-0.2, -0.15) is 0 Å². The highest BCUT2D eigenvalue weighted by molar-refractivity contribution is 5.60. The molecule has 1 aromatic rings. The molecule has 1 rings (SSSR count). The van der Waals surface area contributed by atoms with Gasteiger partial charge in [-0.3, -0.25) is 10.1 Å². The van der Waals surface area contributed by atoms with Crippen LogP contribution in [0.3, 0.4) is 0 Å². The molecule has 0 radical (unpaired) electrons. The van der Waals surface area contributed by atoms with E-state index in [4.69, 9.17) is 14.6 Å². The SMILES string of the molecule is CNc1ccc([N+](=O)[O-])cc1OCCOCCO. The summed E-state index contributed by atoms with van der Waals surface area (Å²) in [4.78, 5) is 10.2. The average molecular weight is 256 g/mol. The third-order valence-electron chi connectivity index (χ3n) is 2.17. The Morgan fingerprint density at radius 3 is 2.78 bits per heavy atom. The summed E-state index contributed by atoms with van der Waals surface area (Å²) >= 11 is 0. The zero-order chi connectivity index (χ0) is 13.4. The maximum atomic E-state index is 10.6. The Hall–Kier alpha value is -1.86. The summed E-state index contributed by atoms with van der Waals surface area (Å²) in [7, 11) is 1.70. The van der Waals surface area contributed by atoms with Gasteiger partial charge in [-0.15, -0.1) is 0 Å². The minimum atomic E-state index is -0.478. The molecule has 0 heterocycles. The van der Waals surface area contributed by atoms with Crippen LogP contribution in [0.1, 0.15) is 0 Å². The first-order valence-electron chi connectivity index (χ1n) is 5.46. The van der Waals surface area contributed by atoms with E-state index in [0.717, 1.165) is 0 Å². The second-order valence-corrected chi connectivity index (χ2v) is 3.37. The van der Waals surface area contributed by atoms with Gasteiger partial charge in [-0.1, -0.05) is 0 Å². The highest BCUT2D eigenvalue weighted by Crippen LogP contribution is 2.28. The van der Waals surface area contributed by atoms with Gasteiger partial charge in [0.05, 0.1) is 36.5 Å². The second kappa shape index (κ2) is 7.46. The molecule has 18 heavy (non-hydrogen) atoms. The molecule has 7 nitrogen and oxygen atoms in total. The van der Waals surface area contributed by atoms with E-state index < -0.39 is 4.92 Å². The lowest BCUT2D eigenvalue weighted by Crippen LogP contribution is -2.10. The molecule has 7 heteroatoms. The summed E-state index contributed by atoms with van der Waals surface area (Å²) in [5, 5.41) is 22.0. The third kappa shape index (κ3) is 4.19. The number of nitrogens with zero attached hydrogens (tertiary/aromatic N) is 1. The molecule has 0 amide bonds. The molecule has 0 spiro atoms. The van der Waals surface area contributed by atoms with Gasteiger partial charge in [-0.25, -0.2) is 0 Å². The first-order valence-corrected chi connectivity index (χ1v) is 5.46. The Labute approximate surface area is 104 Å². The summed E-state index contributed by atoms with van der Waals surface area (Å²) in [6.45, 7) is 0.776. The van der Waals surface area contributed by atoms with Gasteiger partial charge in [0.15, 0.2) is 0 Å². The number of rotatable bonds is 8. The normalized spacial score (nSPS) is 10.1. The van der Waals surface area contributed by atoms with E-state index in [-0.39, 0.29) is 25.5 Å². The van der Waals surface area contributed by atoms with Crippen molar-refractivity contribution in [2.24, 2.45) is 0 Å². The largest absolute Gasteiger partial charge is 0.489 e. The van der Waals surface area contributed by atoms with E-state index in [9.17, 15) is 10.1 Å². The quantitative estimate of drug-likeness (QED) is 0.410. The van der Waals surface area contributed by atoms with Crippen LogP contribution in [0.15, 0.2) is 18.2 Å². The summed E-state index contributed by atoms with van der Waals surface area (Å²) < 4.78 is 10.4. The highest BCUT2D eigenvalue weighted by Gasteiger charge is 2.10. The van der Waals surface area contributed by atoms with Crippen LogP contribution in [-0.2, 0) is 4.74 Å². The van der Waals surface area contributed by atoms with Gasteiger partial charge in [0, 0.05) is 13.1 Å². The molecule has 0 fully saturated rings. The van der Waals surface area contributed by atoms with Crippen molar-refractivity contribution < 1.29 is 19.5 Å². The Morgan fingerprint density at radius 1 is 1.39 bits per heavy atom. The molecule has 0 unspecified atom stereocenters. The van der Waals surface area contributed by atoms with Crippen molar-refractivity contribution in [3.63, 3.8) is 0 Å². The van der Waals surface area contributed by atoms with Gasteiger partial charge in [-0.05, 0) is 6.07 Å². The van der Waals surface area contributed by atoms with Gasteiger partial charge < -0.3 is 19.9 Å². The summed E-state index contributed by atoms with van der Waals surface area (Å²) in [5.41, 5.74) is 0.642. The van der Waals surface area contributed by atoms with Gasteiger partial charge >= 0.3 is 0 Å². The van der Waals surface area contributed by atoms with Crippen LogP contribution in [0.5, 0.6) is 5.75 Å². The molecular weight excluding hydrogens is 240 g/mol. The summed E-state index contributed by atoms with van der Waals surface area (Å²) in [6.07, 6.45) is 0. The molecule has 2 N–H and O–H groups in total. The van der Waals surface area contributed by atoms with Crippen molar-refractivity contribution in [3.8, 4) is 5.75 Å². The summed E-state index contributed by atoms with van der Waals surface area (Å²) in [5.74, 6) is 0.402. The monoisotopic (exact) mass is 256 g/mol. The van der Waals surface area contributed by atoms with Crippen LogP contribution in [0.2, 0.25) is 0 Å². The van der Waals surface area contributed by atoms with Crippen LogP contribution >= 0.6 is 0 Å². The topological polar surface area (TPSA) is 93.9 Å². The maximum Gasteiger partial charge on any atom is 0.273 e. The van der Waals surface area contributed by atoms with Crippen molar-refractivity contribution >= 4 is 11.4 Å². The lowest BCUT2D eigenvalue weighted by atomic mass is 10.2. The van der Waals surface area contributed by atoms with E-state index in [1.807, 2.05) is 0 Å². The molecule has 0 aliphatic heterocycles. The number of ether oxygens (including phenoxy) is 2. The predicted molar refractivity (Wildman–Crippen MR) is 66.0 cm³/mol. The number of aliphatic hydroxyl groups excluding tert-OH is 1. The number of aliphatic hydroxyl groups is 1. The molecule has 0 bridgehead atoms.